The Bertz CT molecular complexity index is 849. The second-order valence-corrected chi connectivity index (χ2v) is 6.26. The molecule has 0 spiro atoms. The summed E-state index contributed by atoms with van der Waals surface area (Å²) in [7, 11) is 0. The van der Waals surface area contributed by atoms with Crippen LogP contribution in [-0.4, -0.2) is 33.7 Å². The summed E-state index contributed by atoms with van der Waals surface area (Å²) in [5.41, 5.74) is 3.94. The lowest BCUT2D eigenvalue weighted by atomic mass is 10.1. The van der Waals surface area contributed by atoms with Gasteiger partial charge >= 0.3 is 0 Å². The summed E-state index contributed by atoms with van der Waals surface area (Å²) in [5.74, 6) is 1.22. The number of benzene rings is 1. The number of rotatable bonds is 4. The predicted molar refractivity (Wildman–Crippen MR) is 94.5 cm³/mol. The van der Waals surface area contributed by atoms with E-state index in [4.69, 9.17) is 9.72 Å². The predicted octanol–water partition coefficient (Wildman–Crippen LogP) is 3.61. The summed E-state index contributed by atoms with van der Waals surface area (Å²) in [6, 6.07) is 11.3. The first-order chi connectivity index (χ1) is 11.7. The van der Waals surface area contributed by atoms with Crippen molar-refractivity contribution in [2.75, 3.05) is 18.5 Å². The highest BCUT2D eigenvalue weighted by molar-refractivity contribution is 5.77. The lowest BCUT2D eigenvalue weighted by Gasteiger charge is -2.13. The maximum Gasteiger partial charge on any atom is 0.142 e. The van der Waals surface area contributed by atoms with Crippen LogP contribution in [0.3, 0.4) is 0 Å². The minimum atomic E-state index is 0.257. The topological polar surface area (TPSA) is 58.8 Å². The number of imidazole rings is 1. The Kier molecular flexibility index (Phi) is 3.86. The van der Waals surface area contributed by atoms with Crippen LogP contribution >= 0.6 is 0 Å². The first-order valence-electron chi connectivity index (χ1n) is 8.35. The van der Waals surface area contributed by atoms with Crippen molar-refractivity contribution in [2.45, 2.75) is 25.9 Å². The number of pyridine rings is 1. The zero-order valence-corrected chi connectivity index (χ0v) is 13.7. The normalized spacial score (nSPS) is 17.5. The third kappa shape index (κ3) is 2.71. The summed E-state index contributed by atoms with van der Waals surface area (Å²) in [5, 5.41) is 13.1. The molecule has 1 aromatic carbocycles. The maximum absolute atomic E-state index is 9.55. The second-order valence-electron chi connectivity index (χ2n) is 6.26. The molecule has 124 valence electrons. The van der Waals surface area contributed by atoms with E-state index < -0.39 is 0 Å². The van der Waals surface area contributed by atoms with Gasteiger partial charge in [0.1, 0.15) is 22.9 Å². The molecule has 5 heteroatoms. The number of aromatic nitrogens is 2. The molecule has 24 heavy (non-hydrogen) atoms. The molecular formula is C19H21N3O2. The van der Waals surface area contributed by atoms with Crippen molar-refractivity contribution < 1.29 is 9.84 Å². The number of anilines is 1. The van der Waals surface area contributed by atoms with Crippen LogP contribution in [-0.2, 0) is 4.74 Å². The number of ether oxygens (including phenoxy) is 1. The van der Waals surface area contributed by atoms with Gasteiger partial charge in [-0.1, -0.05) is 6.07 Å². The Morgan fingerprint density at radius 1 is 1.29 bits per heavy atom. The van der Waals surface area contributed by atoms with E-state index in [0.29, 0.717) is 0 Å². The molecule has 2 aromatic heterocycles. The lowest BCUT2D eigenvalue weighted by molar-refractivity contribution is 0.120. The molecule has 5 nitrogen and oxygen atoms in total. The van der Waals surface area contributed by atoms with Crippen molar-refractivity contribution in [1.29, 1.82) is 0 Å². The van der Waals surface area contributed by atoms with Crippen molar-refractivity contribution in [2.24, 2.45) is 0 Å². The molecule has 3 aromatic rings. The zero-order chi connectivity index (χ0) is 16.5. The number of nitrogens with zero attached hydrogens (tertiary/aromatic N) is 2. The van der Waals surface area contributed by atoms with Gasteiger partial charge in [-0.3, -0.25) is 4.40 Å². The second kappa shape index (κ2) is 6.17. The first-order valence-corrected chi connectivity index (χ1v) is 8.35. The van der Waals surface area contributed by atoms with E-state index in [1.807, 2.05) is 24.4 Å². The first kappa shape index (κ1) is 15.0. The molecule has 0 radical (unpaired) electrons. The van der Waals surface area contributed by atoms with Gasteiger partial charge < -0.3 is 15.2 Å². The Balaban J connectivity index is 1.77. The van der Waals surface area contributed by atoms with Crippen molar-refractivity contribution in [3.63, 3.8) is 0 Å². The van der Waals surface area contributed by atoms with Crippen LogP contribution in [0.25, 0.3) is 16.9 Å². The van der Waals surface area contributed by atoms with Crippen LogP contribution in [0.1, 0.15) is 18.4 Å². The van der Waals surface area contributed by atoms with E-state index in [0.717, 1.165) is 54.3 Å². The van der Waals surface area contributed by atoms with E-state index >= 15 is 0 Å². The molecular weight excluding hydrogens is 302 g/mol. The van der Waals surface area contributed by atoms with E-state index in [1.165, 1.54) is 0 Å². The molecule has 1 aliphatic heterocycles. The van der Waals surface area contributed by atoms with Crippen molar-refractivity contribution in [3.8, 4) is 17.0 Å². The summed E-state index contributed by atoms with van der Waals surface area (Å²) in [6.45, 7) is 3.68. The molecule has 0 saturated carbocycles. The van der Waals surface area contributed by atoms with Crippen LogP contribution < -0.4 is 5.32 Å². The largest absolute Gasteiger partial charge is 0.508 e. The third-order valence-electron chi connectivity index (χ3n) is 4.51. The number of hydrogen-bond donors (Lipinski definition) is 2. The van der Waals surface area contributed by atoms with Crippen molar-refractivity contribution in [1.82, 2.24) is 9.38 Å². The summed E-state index contributed by atoms with van der Waals surface area (Å²) < 4.78 is 7.81. The molecule has 1 atom stereocenters. The highest BCUT2D eigenvalue weighted by Gasteiger charge is 2.19. The van der Waals surface area contributed by atoms with Crippen LogP contribution in [0.4, 0.5) is 5.82 Å². The van der Waals surface area contributed by atoms with E-state index in [9.17, 15) is 5.11 Å². The quantitative estimate of drug-likeness (QED) is 0.770. The number of phenols is 1. The molecule has 3 heterocycles. The fourth-order valence-electron chi connectivity index (χ4n) is 3.21. The number of aromatic hydroxyl groups is 1. The van der Waals surface area contributed by atoms with Gasteiger partial charge in [-0.2, -0.15) is 0 Å². The van der Waals surface area contributed by atoms with Crippen LogP contribution in [0.15, 0.2) is 42.6 Å². The molecule has 0 aliphatic carbocycles. The smallest absolute Gasteiger partial charge is 0.142 e. The van der Waals surface area contributed by atoms with Gasteiger partial charge in [0.25, 0.3) is 0 Å². The number of nitrogens with one attached hydrogen (secondary N) is 1. The highest BCUT2D eigenvalue weighted by Crippen LogP contribution is 2.31. The monoisotopic (exact) mass is 323 g/mol. The molecule has 0 bridgehead atoms. The standard InChI is InChI=1S/C19H21N3O2/c1-13-4-2-10-22-18(13)21-17(14-6-8-15(23)9-7-14)19(22)20-12-16-5-3-11-24-16/h2,4,6-10,16,20,23H,3,5,11-12H2,1H3. The van der Waals surface area contributed by atoms with Crippen molar-refractivity contribution >= 4 is 11.5 Å². The zero-order valence-electron chi connectivity index (χ0n) is 13.7. The van der Waals surface area contributed by atoms with E-state index in [2.05, 4.69) is 22.7 Å². The lowest BCUT2D eigenvalue weighted by Crippen LogP contribution is -2.19. The maximum atomic E-state index is 9.55. The molecule has 4 rings (SSSR count). The number of aryl methyl sites for hydroxylation is 1. The van der Waals surface area contributed by atoms with Gasteiger partial charge in [0.05, 0.1) is 6.10 Å². The van der Waals surface area contributed by atoms with Gasteiger partial charge in [-0.25, -0.2) is 4.98 Å². The van der Waals surface area contributed by atoms with Crippen LogP contribution in [0.2, 0.25) is 0 Å². The fourth-order valence-corrected chi connectivity index (χ4v) is 3.21. The molecule has 1 aliphatic rings. The van der Waals surface area contributed by atoms with Crippen LogP contribution in [0.5, 0.6) is 5.75 Å². The fraction of sp³-hybridized carbons (Fsp3) is 0.316. The minimum Gasteiger partial charge on any atom is -0.508 e. The summed E-state index contributed by atoms with van der Waals surface area (Å²) in [4.78, 5) is 4.84. The molecule has 2 N–H and O–H groups in total. The Morgan fingerprint density at radius 2 is 2.12 bits per heavy atom. The molecule has 1 fully saturated rings. The van der Waals surface area contributed by atoms with Gasteiger partial charge in [0.2, 0.25) is 0 Å². The molecule has 1 saturated heterocycles. The number of phenolic OH excluding ortho intramolecular Hbond substituents is 1. The number of hydrogen-bond acceptors (Lipinski definition) is 4. The molecule has 1 unspecified atom stereocenters. The average molecular weight is 323 g/mol. The van der Waals surface area contributed by atoms with E-state index in [1.54, 1.807) is 12.1 Å². The Labute approximate surface area is 140 Å². The van der Waals surface area contributed by atoms with Crippen molar-refractivity contribution in [3.05, 3.63) is 48.2 Å². The van der Waals surface area contributed by atoms with E-state index in [-0.39, 0.29) is 11.9 Å². The van der Waals surface area contributed by atoms with Gasteiger partial charge in [-0.15, -0.1) is 0 Å². The third-order valence-corrected chi connectivity index (χ3v) is 4.51. The van der Waals surface area contributed by atoms with Crippen LogP contribution in [0, 0.1) is 6.92 Å². The van der Waals surface area contributed by atoms with Gasteiger partial charge in [-0.05, 0) is 55.7 Å². The number of fused-ring (bicyclic) bond motifs is 1. The average Bonchev–Trinajstić information content (AvgIpc) is 3.22. The Hall–Kier alpha value is -2.53. The Morgan fingerprint density at radius 3 is 2.88 bits per heavy atom. The summed E-state index contributed by atoms with van der Waals surface area (Å²) in [6.07, 6.45) is 4.51. The minimum absolute atomic E-state index is 0.257. The summed E-state index contributed by atoms with van der Waals surface area (Å²) >= 11 is 0. The SMILES string of the molecule is Cc1cccn2c(NCC3CCCO3)c(-c3ccc(O)cc3)nc12. The molecule has 0 amide bonds. The van der Waals surface area contributed by atoms with Gasteiger partial charge in [0.15, 0.2) is 0 Å². The highest BCUT2D eigenvalue weighted by atomic mass is 16.5. The van der Waals surface area contributed by atoms with Gasteiger partial charge in [0, 0.05) is 24.9 Å².